The van der Waals surface area contributed by atoms with Crippen molar-refractivity contribution in [2.24, 2.45) is 10.7 Å². The maximum atomic E-state index is 11.3. The SMILES string of the molecule is CN=C(/C=C(/C)N)C(=O)N(C)C. The summed E-state index contributed by atoms with van der Waals surface area (Å²) < 4.78 is 0. The summed E-state index contributed by atoms with van der Waals surface area (Å²) in [6.07, 6.45) is 1.56. The number of nitrogens with zero attached hydrogens (tertiary/aromatic N) is 2. The standard InChI is InChI=1S/C8H15N3O/c1-6(9)5-7(10-2)8(12)11(3)4/h5H,9H2,1-4H3/b6-5-,10-7?. The van der Waals surface area contributed by atoms with Crippen molar-refractivity contribution in [2.45, 2.75) is 6.92 Å². The molecular formula is C8H15N3O. The van der Waals surface area contributed by atoms with Crippen molar-refractivity contribution in [3.05, 3.63) is 11.8 Å². The van der Waals surface area contributed by atoms with Crippen LogP contribution in [0.1, 0.15) is 6.92 Å². The first kappa shape index (κ1) is 10.7. The van der Waals surface area contributed by atoms with Gasteiger partial charge >= 0.3 is 0 Å². The van der Waals surface area contributed by atoms with Gasteiger partial charge in [-0.3, -0.25) is 9.79 Å². The lowest BCUT2D eigenvalue weighted by molar-refractivity contribution is -0.121. The number of aliphatic imine (C=N–C) groups is 1. The fourth-order valence-electron chi connectivity index (χ4n) is 0.667. The Morgan fingerprint density at radius 2 is 2.00 bits per heavy atom. The Labute approximate surface area is 72.8 Å². The van der Waals surface area contributed by atoms with Gasteiger partial charge < -0.3 is 10.6 Å². The van der Waals surface area contributed by atoms with Crippen molar-refractivity contribution in [3.8, 4) is 0 Å². The molecule has 0 rings (SSSR count). The minimum Gasteiger partial charge on any atom is -0.402 e. The van der Waals surface area contributed by atoms with E-state index in [2.05, 4.69) is 4.99 Å². The van der Waals surface area contributed by atoms with Crippen molar-refractivity contribution in [1.29, 1.82) is 0 Å². The zero-order valence-electron chi connectivity index (χ0n) is 7.96. The molecule has 1 amide bonds. The lowest BCUT2D eigenvalue weighted by Crippen LogP contribution is -2.29. The highest BCUT2D eigenvalue weighted by Gasteiger charge is 2.09. The molecule has 12 heavy (non-hydrogen) atoms. The zero-order valence-corrected chi connectivity index (χ0v) is 7.96. The molecule has 0 aliphatic rings. The lowest BCUT2D eigenvalue weighted by atomic mass is 10.3. The predicted octanol–water partition coefficient (Wildman–Crippen LogP) is 0.00790. The minimum atomic E-state index is -0.137. The Hall–Kier alpha value is -1.32. The Morgan fingerprint density at radius 3 is 2.25 bits per heavy atom. The smallest absolute Gasteiger partial charge is 0.271 e. The molecule has 0 aliphatic carbocycles. The van der Waals surface area contributed by atoms with Gasteiger partial charge in [0.2, 0.25) is 0 Å². The van der Waals surface area contributed by atoms with Crippen LogP contribution in [0.4, 0.5) is 0 Å². The third kappa shape index (κ3) is 3.18. The molecule has 0 bridgehead atoms. The van der Waals surface area contributed by atoms with Crippen LogP contribution in [0.15, 0.2) is 16.8 Å². The van der Waals surface area contributed by atoms with Gasteiger partial charge in [-0.15, -0.1) is 0 Å². The molecule has 0 aromatic rings. The fraction of sp³-hybridized carbons (Fsp3) is 0.500. The van der Waals surface area contributed by atoms with Gasteiger partial charge in [-0.25, -0.2) is 0 Å². The number of hydrogen-bond acceptors (Lipinski definition) is 3. The molecule has 0 radical (unpaired) electrons. The van der Waals surface area contributed by atoms with Crippen molar-refractivity contribution < 1.29 is 4.79 Å². The Morgan fingerprint density at radius 1 is 1.50 bits per heavy atom. The first-order chi connectivity index (χ1) is 5.49. The molecule has 0 unspecified atom stereocenters. The molecule has 0 heterocycles. The van der Waals surface area contributed by atoms with Gasteiger partial charge in [0.05, 0.1) is 0 Å². The molecule has 0 saturated heterocycles. The van der Waals surface area contributed by atoms with E-state index in [1.165, 1.54) is 4.90 Å². The normalized spacial score (nSPS) is 13.0. The van der Waals surface area contributed by atoms with Crippen LogP contribution in [-0.4, -0.2) is 37.7 Å². The van der Waals surface area contributed by atoms with E-state index in [0.29, 0.717) is 11.4 Å². The van der Waals surface area contributed by atoms with Gasteiger partial charge in [-0.1, -0.05) is 0 Å². The van der Waals surface area contributed by atoms with Gasteiger partial charge in [0.15, 0.2) is 0 Å². The van der Waals surface area contributed by atoms with E-state index in [0.717, 1.165) is 0 Å². The summed E-state index contributed by atoms with van der Waals surface area (Å²) in [5.41, 5.74) is 6.37. The molecule has 0 atom stereocenters. The molecule has 4 nitrogen and oxygen atoms in total. The van der Waals surface area contributed by atoms with Crippen LogP contribution in [0.2, 0.25) is 0 Å². The summed E-state index contributed by atoms with van der Waals surface area (Å²) in [5, 5.41) is 0. The number of hydrogen-bond donors (Lipinski definition) is 1. The van der Waals surface area contributed by atoms with Crippen LogP contribution in [0.25, 0.3) is 0 Å². The van der Waals surface area contributed by atoms with E-state index < -0.39 is 0 Å². The summed E-state index contributed by atoms with van der Waals surface area (Å²) in [6, 6.07) is 0. The molecule has 0 spiro atoms. The molecule has 0 aromatic heterocycles. The largest absolute Gasteiger partial charge is 0.402 e. The van der Waals surface area contributed by atoms with Gasteiger partial charge in [0.25, 0.3) is 5.91 Å². The van der Waals surface area contributed by atoms with Gasteiger partial charge in [-0.05, 0) is 13.0 Å². The average Bonchev–Trinajstić information content (AvgIpc) is 1.98. The molecule has 4 heteroatoms. The summed E-state index contributed by atoms with van der Waals surface area (Å²) in [4.78, 5) is 16.6. The predicted molar refractivity (Wildman–Crippen MR) is 50.0 cm³/mol. The zero-order chi connectivity index (χ0) is 9.72. The van der Waals surface area contributed by atoms with Crippen molar-refractivity contribution >= 4 is 11.6 Å². The molecular weight excluding hydrogens is 154 g/mol. The van der Waals surface area contributed by atoms with Crippen LogP contribution in [0, 0.1) is 0 Å². The molecule has 2 N–H and O–H groups in total. The second-order valence-corrected chi connectivity index (χ2v) is 2.70. The van der Waals surface area contributed by atoms with Gasteiger partial charge in [-0.2, -0.15) is 0 Å². The summed E-state index contributed by atoms with van der Waals surface area (Å²) >= 11 is 0. The Balaban J connectivity index is 4.61. The van der Waals surface area contributed by atoms with Crippen LogP contribution in [0.5, 0.6) is 0 Å². The monoisotopic (exact) mass is 169 g/mol. The van der Waals surface area contributed by atoms with Crippen LogP contribution in [-0.2, 0) is 4.79 Å². The number of rotatable bonds is 2. The molecule has 0 fully saturated rings. The first-order valence-electron chi connectivity index (χ1n) is 3.61. The van der Waals surface area contributed by atoms with E-state index >= 15 is 0 Å². The average molecular weight is 169 g/mol. The number of carbonyl (C=O) groups excluding carboxylic acids is 1. The highest BCUT2D eigenvalue weighted by Crippen LogP contribution is 1.90. The maximum absolute atomic E-state index is 11.3. The highest BCUT2D eigenvalue weighted by molar-refractivity contribution is 6.43. The molecule has 0 aromatic carbocycles. The number of allylic oxidation sites excluding steroid dienone is 1. The highest BCUT2D eigenvalue weighted by atomic mass is 16.2. The van der Waals surface area contributed by atoms with E-state index in [-0.39, 0.29) is 5.91 Å². The van der Waals surface area contributed by atoms with Crippen LogP contribution >= 0.6 is 0 Å². The van der Waals surface area contributed by atoms with E-state index in [9.17, 15) is 4.79 Å². The Kier molecular flexibility index (Phi) is 4.04. The molecule has 0 aliphatic heterocycles. The lowest BCUT2D eigenvalue weighted by Gasteiger charge is -2.09. The van der Waals surface area contributed by atoms with Crippen LogP contribution in [0.3, 0.4) is 0 Å². The summed E-state index contributed by atoms with van der Waals surface area (Å²) in [6.45, 7) is 1.72. The van der Waals surface area contributed by atoms with E-state index in [1.54, 1.807) is 34.1 Å². The van der Waals surface area contributed by atoms with Crippen LogP contribution < -0.4 is 5.73 Å². The van der Waals surface area contributed by atoms with Crippen molar-refractivity contribution in [3.63, 3.8) is 0 Å². The number of amides is 1. The van der Waals surface area contributed by atoms with E-state index in [4.69, 9.17) is 5.73 Å². The van der Waals surface area contributed by atoms with Gasteiger partial charge in [0.1, 0.15) is 5.71 Å². The third-order valence-corrected chi connectivity index (χ3v) is 1.23. The van der Waals surface area contributed by atoms with Gasteiger partial charge in [0, 0.05) is 26.8 Å². The topological polar surface area (TPSA) is 58.7 Å². The van der Waals surface area contributed by atoms with Crippen molar-refractivity contribution in [1.82, 2.24) is 4.90 Å². The summed E-state index contributed by atoms with van der Waals surface area (Å²) in [7, 11) is 4.91. The Bertz CT molecular complexity index is 224. The maximum Gasteiger partial charge on any atom is 0.271 e. The molecule has 68 valence electrons. The van der Waals surface area contributed by atoms with E-state index in [1.807, 2.05) is 0 Å². The van der Waals surface area contributed by atoms with Crippen molar-refractivity contribution in [2.75, 3.05) is 21.1 Å². The minimum absolute atomic E-state index is 0.137. The molecule has 0 saturated carbocycles. The summed E-state index contributed by atoms with van der Waals surface area (Å²) in [5.74, 6) is -0.137. The third-order valence-electron chi connectivity index (χ3n) is 1.23. The number of carbonyl (C=O) groups is 1. The number of nitrogens with two attached hydrogens (primary N) is 1. The first-order valence-corrected chi connectivity index (χ1v) is 3.61. The second-order valence-electron chi connectivity index (χ2n) is 2.70. The quantitative estimate of drug-likeness (QED) is 0.592. The second kappa shape index (κ2) is 4.54. The fourth-order valence-corrected chi connectivity index (χ4v) is 0.667.